The van der Waals surface area contributed by atoms with Crippen molar-refractivity contribution >= 4 is 6.01 Å². The van der Waals surface area contributed by atoms with Crippen molar-refractivity contribution in [2.75, 3.05) is 5.73 Å². The molecule has 0 spiro atoms. The van der Waals surface area contributed by atoms with Crippen molar-refractivity contribution < 1.29 is 4.42 Å². The van der Waals surface area contributed by atoms with Gasteiger partial charge in [0.05, 0.1) is 6.04 Å². The first-order chi connectivity index (χ1) is 5.11. The molecule has 1 atom stereocenters. The van der Waals surface area contributed by atoms with Gasteiger partial charge in [0.2, 0.25) is 5.89 Å². The maximum Gasteiger partial charge on any atom is 0.312 e. The number of nitrogens with two attached hydrogens (primary N) is 2. The summed E-state index contributed by atoms with van der Waals surface area (Å²) in [7, 11) is 0. The van der Waals surface area contributed by atoms with E-state index < -0.39 is 0 Å². The highest BCUT2D eigenvalue weighted by Crippen LogP contribution is 2.17. The summed E-state index contributed by atoms with van der Waals surface area (Å²) in [6.07, 6.45) is 0. The molecule has 1 rings (SSSR count). The lowest BCUT2D eigenvalue weighted by Gasteiger charge is -2.09. The van der Waals surface area contributed by atoms with E-state index in [-0.39, 0.29) is 18.0 Å². The van der Waals surface area contributed by atoms with Gasteiger partial charge in [0.15, 0.2) is 0 Å². The SMILES string of the molecule is CC(C)C(N)c1nnc(N)o1. The second-order valence-electron chi connectivity index (χ2n) is 2.75. The van der Waals surface area contributed by atoms with Crippen molar-refractivity contribution in [3.05, 3.63) is 5.89 Å². The molecule has 5 heteroatoms. The van der Waals surface area contributed by atoms with Crippen LogP contribution in [0.5, 0.6) is 0 Å². The fourth-order valence-electron chi connectivity index (χ4n) is 0.666. The van der Waals surface area contributed by atoms with Gasteiger partial charge >= 0.3 is 6.01 Å². The Bertz CT molecular complexity index is 232. The Kier molecular flexibility index (Phi) is 2.09. The summed E-state index contributed by atoms with van der Waals surface area (Å²) in [6.45, 7) is 3.95. The molecule has 0 aromatic carbocycles. The molecule has 11 heavy (non-hydrogen) atoms. The van der Waals surface area contributed by atoms with Gasteiger partial charge in [-0.15, -0.1) is 5.10 Å². The minimum atomic E-state index is -0.222. The number of nitrogens with zero attached hydrogens (tertiary/aromatic N) is 2. The third-order valence-corrected chi connectivity index (χ3v) is 1.46. The summed E-state index contributed by atoms with van der Waals surface area (Å²) in [5, 5.41) is 7.17. The quantitative estimate of drug-likeness (QED) is 0.642. The molecule has 1 aromatic rings. The van der Waals surface area contributed by atoms with Crippen LogP contribution in [0.4, 0.5) is 6.01 Å². The third-order valence-electron chi connectivity index (χ3n) is 1.46. The van der Waals surface area contributed by atoms with Gasteiger partial charge in [-0.3, -0.25) is 0 Å². The molecule has 1 unspecified atom stereocenters. The van der Waals surface area contributed by atoms with Gasteiger partial charge in [-0.1, -0.05) is 18.9 Å². The number of anilines is 1. The Balaban J connectivity index is 2.76. The summed E-state index contributed by atoms with van der Waals surface area (Å²) >= 11 is 0. The minimum absolute atomic E-state index is 0.0658. The Morgan fingerprint density at radius 2 is 2.00 bits per heavy atom. The summed E-state index contributed by atoms with van der Waals surface area (Å²) in [5.41, 5.74) is 10.9. The molecule has 0 radical (unpaired) electrons. The average molecular weight is 156 g/mol. The highest BCUT2D eigenvalue weighted by Gasteiger charge is 2.16. The zero-order valence-electron chi connectivity index (χ0n) is 6.61. The molecule has 0 aliphatic heterocycles. The molecule has 0 saturated carbocycles. The third kappa shape index (κ3) is 1.68. The van der Waals surface area contributed by atoms with Crippen LogP contribution >= 0.6 is 0 Å². The number of hydrogen-bond acceptors (Lipinski definition) is 5. The van der Waals surface area contributed by atoms with Crippen molar-refractivity contribution in [1.29, 1.82) is 0 Å². The normalized spacial score (nSPS) is 13.8. The zero-order chi connectivity index (χ0) is 8.43. The monoisotopic (exact) mass is 156 g/mol. The van der Waals surface area contributed by atoms with Crippen LogP contribution in [0.3, 0.4) is 0 Å². The van der Waals surface area contributed by atoms with Crippen molar-refractivity contribution in [3.63, 3.8) is 0 Å². The summed E-state index contributed by atoms with van der Waals surface area (Å²) in [6, 6.07) is -0.157. The molecule has 1 aromatic heterocycles. The molecule has 0 aliphatic carbocycles. The van der Waals surface area contributed by atoms with Crippen molar-refractivity contribution in [3.8, 4) is 0 Å². The molecule has 1 heterocycles. The van der Waals surface area contributed by atoms with Gasteiger partial charge in [-0.25, -0.2) is 0 Å². The van der Waals surface area contributed by atoms with Gasteiger partial charge in [0, 0.05) is 0 Å². The van der Waals surface area contributed by atoms with Gasteiger partial charge in [-0.2, -0.15) is 0 Å². The minimum Gasteiger partial charge on any atom is -0.407 e. The van der Waals surface area contributed by atoms with E-state index in [1.165, 1.54) is 0 Å². The van der Waals surface area contributed by atoms with Crippen LogP contribution in [0.15, 0.2) is 4.42 Å². The van der Waals surface area contributed by atoms with E-state index >= 15 is 0 Å². The molecule has 62 valence electrons. The van der Waals surface area contributed by atoms with E-state index in [1.54, 1.807) is 0 Å². The van der Waals surface area contributed by atoms with E-state index in [1.807, 2.05) is 13.8 Å². The molecule has 0 saturated heterocycles. The van der Waals surface area contributed by atoms with E-state index in [9.17, 15) is 0 Å². The molecule has 0 aliphatic rings. The smallest absolute Gasteiger partial charge is 0.312 e. The molecular weight excluding hydrogens is 144 g/mol. The lowest BCUT2D eigenvalue weighted by Crippen LogP contribution is -2.16. The van der Waals surface area contributed by atoms with Crippen molar-refractivity contribution in [2.45, 2.75) is 19.9 Å². The number of hydrogen-bond donors (Lipinski definition) is 2. The number of aromatic nitrogens is 2. The number of rotatable bonds is 2. The van der Waals surface area contributed by atoms with E-state index in [0.29, 0.717) is 5.89 Å². The maximum absolute atomic E-state index is 5.70. The molecular formula is C6H12N4O. The predicted molar refractivity (Wildman–Crippen MR) is 40.5 cm³/mol. The summed E-state index contributed by atoms with van der Waals surface area (Å²) in [4.78, 5) is 0. The molecule has 4 N–H and O–H groups in total. The first-order valence-electron chi connectivity index (χ1n) is 3.45. The van der Waals surface area contributed by atoms with Crippen LogP contribution in [0.25, 0.3) is 0 Å². The Morgan fingerprint density at radius 3 is 2.36 bits per heavy atom. The first-order valence-corrected chi connectivity index (χ1v) is 3.45. The lowest BCUT2D eigenvalue weighted by molar-refractivity contribution is 0.395. The Labute approximate surface area is 64.8 Å². The van der Waals surface area contributed by atoms with Gasteiger partial charge in [-0.05, 0) is 5.92 Å². The highest BCUT2D eigenvalue weighted by atomic mass is 16.4. The summed E-state index contributed by atoms with van der Waals surface area (Å²) in [5.74, 6) is 0.673. The standard InChI is InChI=1S/C6H12N4O/c1-3(2)4(7)5-9-10-6(8)11-5/h3-4H,7H2,1-2H3,(H2,8,10). The van der Waals surface area contributed by atoms with Gasteiger partial charge in [0.1, 0.15) is 0 Å². The fourth-order valence-corrected chi connectivity index (χ4v) is 0.666. The summed E-state index contributed by atoms with van der Waals surface area (Å²) < 4.78 is 4.94. The fraction of sp³-hybridized carbons (Fsp3) is 0.667. The Hall–Kier alpha value is -1.10. The van der Waals surface area contributed by atoms with Crippen LogP contribution in [0.2, 0.25) is 0 Å². The largest absolute Gasteiger partial charge is 0.407 e. The number of nitrogen functional groups attached to an aromatic ring is 1. The molecule has 0 amide bonds. The van der Waals surface area contributed by atoms with Gasteiger partial charge in [0.25, 0.3) is 0 Å². The highest BCUT2D eigenvalue weighted by molar-refractivity contribution is 5.06. The molecule has 0 bridgehead atoms. The van der Waals surface area contributed by atoms with Crippen LogP contribution in [0, 0.1) is 5.92 Å². The zero-order valence-corrected chi connectivity index (χ0v) is 6.61. The first kappa shape index (κ1) is 8.00. The lowest BCUT2D eigenvalue weighted by atomic mass is 10.1. The van der Waals surface area contributed by atoms with Crippen LogP contribution in [-0.2, 0) is 0 Å². The Morgan fingerprint density at radius 1 is 1.36 bits per heavy atom. The van der Waals surface area contributed by atoms with Crippen molar-refractivity contribution in [1.82, 2.24) is 10.2 Å². The topological polar surface area (TPSA) is 91.0 Å². The second-order valence-corrected chi connectivity index (χ2v) is 2.75. The van der Waals surface area contributed by atoms with E-state index in [2.05, 4.69) is 10.2 Å². The second kappa shape index (κ2) is 2.87. The van der Waals surface area contributed by atoms with Crippen LogP contribution in [-0.4, -0.2) is 10.2 Å². The maximum atomic E-state index is 5.70. The van der Waals surface area contributed by atoms with E-state index in [4.69, 9.17) is 15.9 Å². The molecule has 0 fully saturated rings. The molecule has 5 nitrogen and oxygen atoms in total. The predicted octanol–water partition coefficient (Wildman–Crippen LogP) is 0.308. The van der Waals surface area contributed by atoms with Crippen LogP contribution in [0.1, 0.15) is 25.8 Å². The average Bonchev–Trinajstić information content (AvgIpc) is 2.34. The van der Waals surface area contributed by atoms with E-state index in [0.717, 1.165) is 0 Å². The van der Waals surface area contributed by atoms with Crippen molar-refractivity contribution in [2.24, 2.45) is 11.7 Å². The van der Waals surface area contributed by atoms with Crippen LogP contribution < -0.4 is 11.5 Å². The van der Waals surface area contributed by atoms with Gasteiger partial charge < -0.3 is 15.9 Å².